The molecule has 0 aromatic heterocycles. The van der Waals surface area contributed by atoms with Crippen molar-refractivity contribution in [2.75, 3.05) is 6.61 Å². The number of nitrogens with two attached hydrogens (primary N) is 1. The molecule has 5 nitrogen and oxygen atoms in total. The number of rotatable bonds is 7. The largest absolute Gasteiger partial charge is 0.490 e. The lowest BCUT2D eigenvalue weighted by Gasteiger charge is -2.16. The average Bonchev–Trinajstić information content (AvgIpc) is 2.72. The van der Waals surface area contributed by atoms with Crippen molar-refractivity contribution in [3.05, 3.63) is 75.8 Å². The summed E-state index contributed by atoms with van der Waals surface area (Å²) in [7, 11) is 0. The van der Waals surface area contributed by atoms with Crippen molar-refractivity contribution < 1.29 is 14.3 Å². The Balaban J connectivity index is 1.98. The molecule has 6 heteroatoms. The molecule has 0 unspecified atom stereocenters. The number of halogens is 1. The number of carbonyl (C=O) groups is 1. The fraction of sp³-hybridized carbons (Fsp3) is 0.167. The standard InChI is InChI=1S/C24H21ClN2O3/c1-3-29-22-12-16(10-18(13-26)24(27)28)11-21(25)23(22)30-14-20-15(2)8-9-17-6-4-5-7-19(17)20/h4-12H,3,14H2,1-2H3,(H2,27,28)/b18-10+. The first-order valence-electron chi connectivity index (χ1n) is 9.42. The van der Waals surface area contributed by atoms with E-state index in [1.165, 1.54) is 6.08 Å². The smallest absolute Gasteiger partial charge is 0.259 e. The minimum Gasteiger partial charge on any atom is -0.490 e. The molecule has 0 spiro atoms. The van der Waals surface area contributed by atoms with Gasteiger partial charge in [-0.05, 0) is 54.0 Å². The Bertz CT molecular complexity index is 1180. The van der Waals surface area contributed by atoms with Crippen LogP contribution in [-0.2, 0) is 11.4 Å². The molecule has 0 heterocycles. The van der Waals surface area contributed by atoms with Crippen LogP contribution in [0.2, 0.25) is 5.02 Å². The first-order valence-corrected chi connectivity index (χ1v) is 9.80. The van der Waals surface area contributed by atoms with Gasteiger partial charge in [-0.1, -0.05) is 48.0 Å². The number of ether oxygens (including phenoxy) is 2. The van der Waals surface area contributed by atoms with Gasteiger partial charge in [0.1, 0.15) is 18.2 Å². The number of primary amides is 1. The van der Waals surface area contributed by atoms with Gasteiger partial charge in [-0.2, -0.15) is 5.26 Å². The van der Waals surface area contributed by atoms with E-state index in [0.29, 0.717) is 35.3 Å². The zero-order valence-electron chi connectivity index (χ0n) is 16.7. The summed E-state index contributed by atoms with van der Waals surface area (Å²) in [5.74, 6) is 0.0230. The fourth-order valence-corrected chi connectivity index (χ4v) is 3.45. The number of nitrogens with zero attached hydrogens (tertiary/aromatic N) is 1. The van der Waals surface area contributed by atoms with Gasteiger partial charge in [0.2, 0.25) is 0 Å². The van der Waals surface area contributed by atoms with Crippen molar-refractivity contribution >= 4 is 34.4 Å². The Morgan fingerprint density at radius 2 is 1.97 bits per heavy atom. The fourth-order valence-electron chi connectivity index (χ4n) is 3.18. The molecule has 0 atom stereocenters. The van der Waals surface area contributed by atoms with Crippen LogP contribution in [0.4, 0.5) is 0 Å². The molecule has 0 fully saturated rings. The number of amides is 1. The van der Waals surface area contributed by atoms with Gasteiger partial charge in [0.25, 0.3) is 5.91 Å². The van der Waals surface area contributed by atoms with E-state index in [1.54, 1.807) is 18.2 Å². The van der Waals surface area contributed by atoms with Crippen LogP contribution in [0.15, 0.2) is 54.1 Å². The molecule has 3 rings (SSSR count). The second-order valence-electron chi connectivity index (χ2n) is 6.67. The van der Waals surface area contributed by atoms with Crippen molar-refractivity contribution in [1.82, 2.24) is 0 Å². The molecule has 0 saturated heterocycles. The van der Waals surface area contributed by atoms with E-state index in [9.17, 15) is 4.79 Å². The maximum Gasteiger partial charge on any atom is 0.259 e. The Kier molecular flexibility index (Phi) is 6.61. The quantitative estimate of drug-likeness (QED) is 0.422. The zero-order chi connectivity index (χ0) is 21.7. The van der Waals surface area contributed by atoms with Gasteiger partial charge in [-0.3, -0.25) is 4.79 Å². The topological polar surface area (TPSA) is 85.3 Å². The van der Waals surface area contributed by atoms with Crippen molar-refractivity contribution in [2.24, 2.45) is 5.73 Å². The lowest BCUT2D eigenvalue weighted by molar-refractivity contribution is -0.114. The van der Waals surface area contributed by atoms with Gasteiger partial charge in [0.05, 0.1) is 11.6 Å². The molecule has 0 aliphatic heterocycles. The minimum atomic E-state index is -0.807. The van der Waals surface area contributed by atoms with Crippen molar-refractivity contribution in [2.45, 2.75) is 20.5 Å². The van der Waals surface area contributed by atoms with Gasteiger partial charge in [-0.15, -0.1) is 0 Å². The molecular formula is C24H21ClN2O3. The summed E-state index contributed by atoms with van der Waals surface area (Å²) in [6.45, 7) is 4.59. The highest BCUT2D eigenvalue weighted by Crippen LogP contribution is 2.38. The zero-order valence-corrected chi connectivity index (χ0v) is 17.5. The number of fused-ring (bicyclic) bond motifs is 1. The minimum absolute atomic E-state index is 0.173. The predicted molar refractivity (Wildman–Crippen MR) is 118 cm³/mol. The predicted octanol–water partition coefficient (Wildman–Crippen LogP) is 5.17. The molecule has 152 valence electrons. The molecular weight excluding hydrogens is 400 g/mol. The Morgan fingerprint density at radius 3 is 2.67 bits per heavy atom. The monoisotopic (exact) mass is 420 g/mol. The van der Waals surface area contributed by atoms with Crippen molar-refractivity contribution in [1.29, 1.82) is 5.26 Å². The van der Waals surface area contributed by atoms with E-state index in [0.717, 1.165) is 21.9 Å². The summed E-state index contributed by atoms with van der Waals surface area (Å²) < 4.78 is 11.8. The molecule has 2 N–H and O–H groups in total. The third kappa shape index (κ3) is 4.56. The van der Waals surface area contributed by atoms with E-state index in [4.69, 9.17) is 32.1 Å². The average molecular weight is 421 g/mol. The molecule has 30 heavy (non-hydrogen) atoms. The first-order chi connectivity index (χ1) is 14.4. The van der Waals surface area contributed by atoms with E-state index in [-0.39, 0.29) is 5.57 Å². The molecule has 3 aromatic rings. The van der Waals surface area contributed by atoms with Crippen LogP contribution in [-0.4, -0.2) is 12.5 Å². The molecule has 3 aromatic carbocycles. The van der Waals surface area contributed by atoms with Crippen LogP contribution in [0.5, 0.6) is 11.5 Å². The van der Waals surface area contributed by atoms with E-state index >= 15 is 0 Å². The van der Waals surface area contributed by atoms with Gasteiger partial charge in [0, 0.05) is 5.56 Å². The maximum atomic E-state index is 11.3. The summed E-state index contributed by atoms with van der Waals surface area (Å²) in [6.07, 6.45) is 1.37. The normalized spacial score (nSPS) is 11.2. The van der Waals surface area contributed by atoms with Crippen LogP contribution in [0.25, 0.3) is 16.8 Å². The second-order valence-corrected chi connectivity index (χ2v) is 7.08. The lowest BCUT2D eigenvalue weighted by atomic mass is 10.0. The van der Waals surface area contributed by atoms with Crippen LogP contribution < -0.4 is 15.2 Å². The van der Waals surface area contributed by atoms with Gasteiger partial charge in [0.15, 0.2) is 11.5 Å². The number of hydrogen-bond acceptors (Lipinski definition) is 4. The Morgan fingerprint density at radius 1 is 1.20 bits per heavy atom. The first kappa shape index (κ1) is 21.2. The van der Waals surface area contributed by atoms with Gasteiger partial charge in [-0.25, -0.2) is 0 Å². The lowest BCUT2D eigenvalue weighted by Crippen LogP contribution is -2.12. The highest BCUT2D eigenvalue weighted by Gasteiger charge is 2.15. The highest BCUT2D eigenvalue weighted by atomic mass is 35.5. The summed E-state index contributed by atoms with van der Waals surface area (Å²) in [6, 6.07) is 17.3. The van der Waals surface area contributed by atoms with E-state index in [2.05, 4.69) is 24.3 Å². The SMILES string of the molecule is CCOc1cc(/C=C(\C#N)C(N)=O)cc(Cl)c1OCc1c(C)ccc2ccccc12. The Hall–Kier alpha value is -3.49. The van der Waals surface area contributed by atoms with Crippen LogP contribution in [0.1, 0.15) is 23.6 Å². The summed E-state index contributed by atoms with van der Waals surface area (Å²) in [5.41, 5.74) is 7.74. The number of aryl methyl sites for hydroxylation is 1. The molecule has 0 aliphatic carbocycles. The molecule has 0 aliphatic rings. The van der Waals surface area contributed by atoms with Gasteiger partial charge < -0.3 is 15.2 Å². The maximum absolute atomic E-state index is 11.3. The highest BCUT2D eigenvalue weighted by molar-refractivity contribution is 6.32. The number of nitriles is 1. The van der Waals surface area contributed by atoms with E-state index in [1.807, 2.05) is 26.0 Å². The van der Waals surface area contributed by atoms with E-state index < -0.39 is 5.91 Å². The Labute approximate surface area is 180 Å². The van der Waals surface area contributed by atoms with Crippen molar-refractivity contribution in [3.63, 3.8) is 0 Å². The summed E-state index contributed by atoms with van der Waals surface area (Å²) >= 11 is 6.47. The van der Waals surface area contributed by atoms with Gasteiger partial charge >= 0.3 is 0 Å². The summed E-state index contributed by atoms with van der Waals surface area (Å²) in [4.78, 5) is 11.3. The molecule has 0 radical (unpaired) electrons. The number of benzene rings is 3. The summed E-state index contributed by atoms with van der Waals surface area (Å²) in [5, 5.41) is 11.6. The molecule has 0 bridgehead atoms. The second kappa shape index (κ2) is 9.34. The van der Waals surface area contributed by atoms with Crippen molar-refractivity contribution in [3.8, 4) is 17.6 Å². The van der Waals surface area contributed by atoms with Crippen LogP contribution >= 0.6 is 11.6 Å². The third-order valence-corrected chi connectivity index (χ3v) is 4.95. The molecule has 0 saturated carbocycles. The third-order valence-electron chi connectivity index (χ3n) is 4.66. The number of hydrogen-bond donors (Lipinski definition) is 1. The number of carbonyl (C=O) groups excluding carboxylic acids is 1. The van der Waals surface area contributed by atoms with Crippen LogP contribution in [0.3, 0.4) is 0 Å². The van der Waals surface area contributed by atoms with Crippen LogP contribution in [0, 0.1) is 18.3 Å². The molecule has 1 amide bonds.